The van der Waals surface area contributed by atoms with E-state index in [0.29, 0.717) is 28.5 Å². The van der Waals surface area contributed by atoms with Crippen molar-refractivity contribution in [1.29, 1.82) is 0 Å². The molecular weight excluding hydrogens is 408 g/mol. The van der Waals surface area contributed by atoms with Gasteiger partial charge in [-0.15, -0.1) is 0 Å². The molecule has 0 aliphatic heterocycles. The largest absolute Gasteiger partial charge is 0.493 e. The lowest BCUT2D eigenvalue weighted by molar-refractivity contribution is -0.120. The summed E-state index contributed by atoms with van der Waals surface area (Å²) in [4.78, 5) is 24.5. The first-order chi connectivity index (χ1) is 15.5. The molecule has 0 saturated heterocycles. The van der Waals surface area contributed by atoms with Crippen LogP contribution in [0.2, 0.25) is 0 Å². The molecule has 3 aromatic carbocycles. The third-order valence-corrected chi connectivity index (χ3v) is 4.37. The minimum Gasteiger partial charge on any atom is -0.493 e. The topological polar surface area (TPSA) is 85.9 Å². The van der Waals surface area contributed by atoms with E-state index in [9.17, 15) is 9.59 Å². The Bertz CT molecular complexity index is 1110. The van der Waals surface area contributed by atoms with Crippen molar-refractivity contribution in [1.82, 2.24) is 5.32 Å². The van der Waals surface area contributed by atoms with Gasteiger partial charge in [0.1, 0.15) is 17.2 Å². The molecule has 164 valence electrons. The summed E-state index contributed by atoms with van der Waals surface area (Å²) < 4.78 is 16.3. The number of amides is 2. The maximum atomic E-state index is 12.8. The van der Waals surface area contributed by atoms with E-state index in [1.54, 1.807) is 55.7 Å². The van der Waals surface area contributed by atoms with Gasteiger partial charge < -0.3 is 24.8 Å². The first kappa shape index (κ1) is 22.4. The Labute approximate surface area is 186 Å². The van der Waals surface area contributed by atoms with Crippen LogP contribution >= 0.6 is 0 Å². The minimum absolute atomic E-state index is 0.0920. The summed E-state index contributed by atoms with van der Waals surface area (Å²) in [5.41, 5.74) is 1.31. The Morgan fingerprint density at radius 2 is 1.47 bits per heavy atom. The molecule has 2 amide bonds. The summed E-state index contributed by atoms with van der Waals surface area (Å²) in [7, 11) is 3.07. The van der Waals surface area contributed by atoms with Crippen molar-refractivity contribution in [3.05, 3.63) is 84.1 Å². The molecule has 3 aromatic rings. The van der Waals surface area contributed by atoms with E-state index in [2.05, 4.69) is 10.6 Å². The van der Waals surface area contributed by atoms with Crippen LogP contribution in [-0.4, -0.2) is 26.0 Å². The van der Waals surface area contributed by atoms with Crippen LogP contribution in [0.3, 0.4) is 0 Å². The fourth-order valence-corrected chi connectivity index (χ4v) is 2.89. The highest BCUT2D eigenvalue weighted by Crippen LogP contribution is 2.28. The molecule has 2 N–H and O–H groups in total. The number of anilines is 1. The number of nitrogens with one attached hydrogen (secondary N) is 2. The number of hydrogen-bond donors (Lipinski definition) is 2. The number of benzene rings is 3. The highest BCUT2D eigenvalue weighted by Gasteiger charge is 2.13. The third-order valence-electron chi connectivity index (χ3n) is 4.37. The number of carbonyl (C=O) groups excluding carboxylic acids is 2. The highest BCUT2D eigenvalue weighted by atomic mass is 16.5. The fraction of sp³-hybridized carbons (Fsp3) is 0.120. The Morgan fingerprint density at radius 3 is 2.09 bits per heavy atom. The molecule has 0 radical (unpaired) electrons. The second kappa shape index (κ2) is 10.7. The summed E-state index contributed by atoms with van der Waals surface area (Å²) in [6, 6.07) is 21.5. The summed E-state index contributed by atoms with van der Waals surface area (Å²) in [6.07, 6.45) is 1.56. The number of para-hydroxylation sites is 1. The number of carbonyl (C=O) groups is 2. The quantitative estimate of drug-likeness (QED) is 0.508. The Hall–Kier alpha value is -4.26. The standard InChI is InChI=1S/C25H24N2O5/c1-17(28)26-22(15-18-9-14-23(30-2)24(16-18)31-3)25(29)27-19-10-12-21(13-11-19)32-20-7-5-4-6-8-20/h4-16H,1-3H3,(H,26,28)(H,27,29)/b22-15-. The zero-order valence-corrected chi connectivity index (χ0v) is 18.0. The number of methoxy groups -OCH3 is 2. The lowest BCUT2D eigenvalue weighted by Crippen LogP contribution is -2.28. The van der Waals surface area contributed by atoms with Crippen molar-refractivity contribution in [3.8, 4) is 23.0 Å². The van der Waals surface area contributed by atoms with Gasteiger partial charge in [-0.3, -0.25) is 9.59 Å². The van der Waals surface area contributed by atoms with Crippen molar-refractivity contribution in [2.75, 3.05) is 19.5 Å². The van der Waals surface area contributed by atoms with Gasteiger partial charge in [0, 0.05) is 12.6 Å². The molecule has 32 heavy (non-hydrogen) atoms. The van der Waals surface area contributed by atoms with Crippen molar-refractivity contribution >= 4 is 23.6 Å². The van der Waals surface area contributed by atoms with Crippen LogP contribution in [0.1, 0.15) is 12.5 Å². The third kappa shape index (κ3) is 6.12. The zero-order valence-electron chi connectivity index (χ0n) is 18.0. The molecule has 0 heterocycles. The molecule has 0 spiro atoms. The second-order valence-electron chi connectivity index (χ2n) is 6.75. The number of ether oxygens (including phenoxy) is 3. The molecule has 3 rings (SSSR count). The van der Waals surface area contributed by atoms with Gasteiger partial charge in [0.25, 0.3) is 5.91 Å². The summed E-state index contributed by atoms with van der Waals surface area (Å²) >= 11 is 0. The van der Waals surface area contributed by atoms with E-state index in [1.807, 2.05) is 30.3 Å². The number of rotatable bonds is 8. The van der Waals surface area contributed by atoms with Gasteiger partial charge >= 0.3 is 0 Å². The van der Waals surface area contributed by atoms with Crippen molar-refractivity contribution in [2.24, 2.45) is 0 Å². The van der Waals surface area contributed by atoms with E-state index in [0.717, 1.165) is 5.75 Å². The van der Waals surface area contributed by atoms with Crippen molar-refractivity contribution in [3.63, 3.8) is 0 Å². The maximum absolute atomic E-state index is 12.8. The van der Waals surface area contributed by atoms with Crippen molar-refractivity contribution < 1.29 is 23.8 Å². The zero-order chi connectivity index (χ0) is 22.9. The molecule has 0 atom stereocenters. The average Bonchev–Trinajstić information content (AvgIpc) is 2.80. The van der Waals surface area contributed by atoms with Gasteiger partial charge in [-0.2, -0.15) is 0 Å². The van der Waals surface area contributed by atoms with E-state index < -0.39 is 5.91 Å². The Balaban J connectivity index is 1.76. The van der Waals surface area contributed by atoms with Gasteiger partial charge in [-0.05, 0) is 60.2 Å². The van der Waals surface area contributed by atoms with E-state index >= 15 is 0 Å². The smallest absolute Gasteiger partial charge is 0.272 e. The fourth-order valence-electron chi connectivity index (χ4n) is 2.89. The van der Waals surface area contributed by atoms with Crippen LogP contribution in [0, 0.1) is 0 Å². The number of hydrogen-bond acceptors (Lipinski definition) is 5. The summed E-state index contributed by atoms with van der Waals surface area (Å²) in [5, 5.41) is 5.35. The lowest BCUT2D eigenvalue weighted by Gasteiger charge is -2.12. The summed E-state index contributed by atoms with van der Waals surface area (Å²) in [6.45, 7) is 1.34. The molecule has 0 aromatic heterocycles. The molecule has 0 fully saturated rings. The first-order valence-electron chi connectivity index (χ1n) is 9.84. The van der Waals surface area contributed by atoms with Gasteiger partial charge in [0.2, 0.25) is 5.91 Å². The normalized spacial score (nSPS) is 10.8. The Kier molecular flexibility index (Phi) is 7.48. The molecular formula is C25H24N2O5. The van der Waals surface area contributed by atoms with Gasteiger partial charge in [-0.25, -0.2) is 0 Å². The van der Waals surface area contributed by atoms with Crippen LogP contribution in [0.4, 0.5) is 5.69 Å². The van der Waals surface area contributed by atoms with E-state index in [-0.39, 0.29) is 11.6 Å². The predicted octanol–water partition coefficient (Wildman–Crippen LogP) is 4.61. The van der Waals surface area contributed by atoms with Crippen molar-refractivity contribution in [2.45, 2.75) is 6.92 Å². The lowest BCUT2D eigenvalue weighted by atomic mass is 10.1. The van der Waals surface area contributed by atoms with Crippen LogP contribution in [0.5, 0.6) is 23.0 Å². The first-order valence-corrected chi connectivity index (χ1v) is 9.84. The molecule has 7 nitrogen and oxygen atoms in total. The maximum Gasteiger partial charge on any atom is 0.272 e. The van der Waals surface area contributed by atoms with Gasteiger partial charge in [0.15, 0.2) is 11.5 Å². The van der Waals surface area contributed by atoms with Crippen LogP contribution < -0.4 is 24.8 Å². The highest BCUT2D eigenvalue weighted by molar-refractivity contribution is 6.08. The molecule has 0 aliphatic rings. The van der Waals surface area contributed by atoms with Crippen LogP contribution in [-0.2, 0) is 9.59 Å². The molecule has 0 saturated carbocycles. The van der Waals surface area contributed by atoms with E-state index in [1.165, 1.54) is 14.0 Å². The molecule has 0 bridgehead atoms. The van der Waals surface area contributed by atoms with E-state index in [4.69, 9.17) is 14.2 Å². The SMILES string of the molecule is COc1ccc(/C=C(\NC(C)=O)C(=O)Nc2ccc(Oc3ccccc3)cc2)cc1OC. The minimum atomic E-state index is -0.466. The Morgan fingerprint density at radius 1 is 0.812 bits per heavy atom. The predicted molar refractivity (Wildman–Crippen MR) is 123 cm³/mol. The van der Waals surface area contributed by atoms with Gasteiger partial charge in [-0.1, -0.05) is 24.3 Å². The average molecular weight is 432 g/mol. The monoisotopic (exact) mass is 432 g/mol. The van der Waals surface area contributed by atoms with Gasteiger partial charge in [0.05, 0.1) is 14.2 Å². The molecule has 0 aliphatic carbocycles. The second-order valence-corrected chi connectivity index (χ2v) is 6.75. The molecule has 0 unspecified atom stereocenters. The summed E-state index contributed by atoms with van der Waals surface area (Å²) in [5.74, 6) is 1.60. The van der Waals surface area contributed by atoms with Crippen LogP contribution in [0.25, 0.3) is 6.08 Å². The molecule has 7 heteroatoms. The van der Waals surface area contributed by atoms with Crippen LogP contribution in [0.15, 0.2) is 78.5 Å².